The van der Waals surface area contributed by atoms with Crippen LogP contribution in [-0.2, 0) is 11.2 Å². The summed E-state index contributed by atoms with van der Waals surface area (Å²) in [6.45, 7) is 2.06. The first-order valence-electron chi connectivity index (χ1n) is 11.7. The third kappa shape index (κ3) is 5.91. The van der Waals surface area contributed by atoms with E-state index in [2.05, 4.69) is 15.6 Å². The largest absolute Gasteiger partial charge is 0.440 e. The van der Waals surface area contributed by atoms with E-state index in [0.717, 1.165) is 5.56 Å². The zero-order chi connectivity index (χ0) is 26.6. The summed E-state index contributed by atoms with van der Waals surface area (Å²) in [5.41, 5.74) is 3.28. The molecule has 2 N–H and O–H groups in total. The molecule has 12 heteroatoms. The van der Waals surface area contributed by atoms with Crippen LogP contribution in [0.15, 0.2) is 65.1 Å². The van der Waals surface area contributed by atoms with Gasteiger partial charge in [0, 0.05) is 41.9 Å². The molecule has 194 valence electrons. The number of hydrogen-bond donors (Lipinski definition) is 2. The number of halogens is 1. The van der Waals surface area contributed by atoms with E-state index in [0.29, 0.717) is 66.1 Å². The van der Waals surface area contributed by atoms with Crippen LogP contribution in [0.1, 0.15) is 21.8 Å². The third-order valence-electron chi connectivity index (χ3n) is 5.97. The van der Waals surface area contributed by atoms with Gasteiger partial charge in [-0.15, -0.1) is 0 Å². The summed E-state index contributed by atoms with van der Waals surface area (Å²) in [5, 5.41) is 17.9. The number of nitrogens with zero attached hydrogens (tertiary/aromatic N) is 3. The first-order valence-corrected chi connectivity index (χ1v) is 12.5. The van der Waals surface area contributed by atoms with E-state index in [4.69, 9.17) is 33.0 Å². The fourth-order valence-electron chi connectivity index (χ4n) is 4.13. The maximum Gasteiger partial charge on any atom is 0.293 e. The Morgan fingerprint density at radius 1 is 1.11 bits per heavy atom. The van der Waals surface area contributed by atoms with Gasteiger partial charge in [0.05, 0.1) is 18.1 Å². The van der Waals surface area contributed by atoms with E-state index >= 15 is 0 Å². The van der Waals surface area contributed by atoms with Crippen molar-refractivity contribution in [2.45, 2.75) is 6.42 Å². The second kappa shape index (κ2) is 11.1. The first kappa shape index (κ1) is 25.6. The first-order chi connectivity index (χ1) is 18.4. The number of oxazole rings is 1. The number of fused-ring (bicyclic) bond motifs is 1. The number of nitro benzene ring substituents is 1. The van der Waals surface area contributed by atoms with E-state index in [1.165, 1.54) is 6.07 Å². The molecule has 10 nitrogen and oxygen atoms in total. The molecule has 2 heterocycles. The molecule has 5 rings (SSSR count). The highest BCUT2D eigenvalue weighted by Crippen LogP contribution is 2.30. The number of thiocarbonyl (C=S) groups is 1. The number of benzene rings is 3. The SMILES string of the molecule is O=C(NC(=S)Nc1ccc2oc(Cc3ccc(Cl)cc3)nc2c1)c1ccc(N2CCOCC2)c([N+](=O)[O-])c1. The number of aromatic nitrogens is 1. The Hall–Kier alpha value is -4.06. The van der Waals surface area contributed by atoms with Gasteiger partial charge in [-0.05, 0) is 60.2 Å². The van der Waals surface area contributed by atoms with Crippen molar-refractivity contribution in [2.75, 3.05) is 36.5 Å². The monoisotopic (exact) mass is 551 g/mol. The molecule has 0 atom stereocenters. The quantitative estimate of drug-likeness (QED) is 0.195. The minimum Gasteiger partial charge on any atom is -0.440 e. The lowest BCUT2D eigenvalue weighted by atomic mass is 10.1. The van der Waals surface area contributed by atoms with Crippen molar-refractivity contribution >= 4 is 63.0 Å². The predicted molar refractivity (Wildman–Crippen MR) is 148 cm³/mol. The molecule has 0 spiro atoms. The number of amides is 1. The lowest BCUT2D eigenvalue weighted by Gasteiger charge is -2.28. The van der Waals surface area contributed by atoms with Crippen LogP contribution in [0.4, 0.5) is 17.1 Å². The Morgan fingerprint density at radius 3 is 2.61 bits per heavy atom. The van der Waals surface area contributed by atoms with Crippen molar-refractivity contribution in [1.29, 1.82) is 0 Å². The number of carbonyl (C=O) groups is 1. The Balaban J connectivity index is 1.25. The van der Waals surface area contributed by atoms with Crippen LogP contribution in [0.2, 0.25) is 5.02 Å². The maximum absolute atomic E-state index is 12.8. The fraction of sp³-hybridized carbons (Fsp3) is 0.192. The summed E-state index contributed by atoms with van der Waals surface area (Å²) in [4.78, 5) is 30.4. The molecule has 1 aromatic heterocycles. The molecule has 4 aromatic rings. The number of anilines is 2. The van der Waals surface area contributed by atoms with E-state index in [1.54, 1.807) is 30.3 Å². The molecule has 0 aliphatic carbocycles. The highest BCUT2D eigenvalue weighted by atomic mass is 35.5. The summed E-state index contributed by atoms with van der Waals surface area (Å²) in [7, 11) is 0. The van der Waals surface area contributed by atoms with Crippen LogP contribution in [0.3, 0.4) is 0 Å². The van der Waals surface area contributed by atoms with Crippen molar-refractivity contribution in [3.63, 3.8) is 0 Å². The number of hydrogen-bond acceptors (Lipinski definition) is 8. The highest BCUT2D eigenvalue weighted by Gasteiger charge is 2.23. The number of nitrogens with one attached hydrogen (secondary N) is 2. The van der Waals surface area contributed by atoms with E-state index in [9.17, 15) is 14.9 Å². The molecule has 0 unspecified atom stereocenters. The Labute approximate surface area is 227 Å². The maximum atomic E-state index is 12.8. The molecule has 1 fully saturated rings. The topological polar surface area (TPSA) is 123 Å². The fourth-order valence-corrected chi connectivity index (χ4v) is 4.46. The van der Waals surface area contributed by atoms with E-state index in [1.807, 2.05) is 29.2 Å². The second-order valence-corrected chi connectivity index (χ2v) is 9.41. The van der Waals surface area contributed by atoms with Crippen LogP contribution in [0, 0.1) is 10.1 Å². The van der Waals surface area contributed by atoms with Gasteiger partial charge < -0.3 is 19.4 Å². The summed E-state index contributed by atoms with van der Waals surface area (Å²) in [6, 6.07) is 17.1. The molecular formula is C26H22ClN5O5S. The van der Waals surface area contributed by atoms with Crippen LogP contribution >= 0.6 is 23.8 Å². The molecule has 1 saturated heterocycles. The van der Waals surface area contributed by atoms with E-state index < -0.39 is 10.8 Å². The van der Waals surface area contributed by atoms with Gasteiger partial charge in [-0.1, -0.05) is 23.7 Å². The number of nitro groups is 1. The normalized spacial score (nSPS) is 13.3. The van der Waals surface area contributed by atoms with Gasteiger partial charge in [0.15, 0.2) is 16.6 Å². The minimum absolute atomic E-state index is 0.0409. The van der Waals surface area contributed by atoms with Gasteiger partial charge in [-0.2, -0.15) is 0 Å². The average Bonchev–Trinajstić information content (AvgIpc) is 3.31. The summed E-state index contributed by atoms with van der Waals surface area (Å²) < 4.78 is 11.1. The van der Waals surface area contributed by atoms with Crippen molar-refractivity contribution in [2.24, 2.45) is 0 Å². The molecule has 0 radical (unpaired) electrons. The average molecular weight is 552 g/mol. The Morgan fingerprint density at radius 2 is 1.87 bits per heavy atom. The summed E-state index contributed by atoms with van der Waals surface area (Å²) in [5.74, 6) is -0.00985. The zero-order valence-corrected chi connectivity index (χ0v) is 21.6. The van der Waals surface area contributed by atoms with Gasteiger partial charge in [-0.25, -0.2) is 4.98 Å². The molecule has 1 aliphatic rings. The standard InChI is InChI=1S/C26H22ClN5O5S/c27-18-4-1-16(2-5-18)13-24-29-20-15-19(6-8-23(20)37-24)28-26(38)30-25(33)17-3-7-21(22(14-17)32(34)35)31-9-11-36-12-10-31/h1-8,14-15H,9-13H2,(H2,28,30,33,38). The van der Waals surface area contributed by atoms with Gasteiger partial charge in [0.2, 0.25) is 0 Å². The van der Waals surface area contributed by atoms with Gasteiger partial charge in [0.25, 0.3) is 11.6 Å². The molecule has 0 saturated carbocycles. The van der Waals surface area contributed by atoms with Crippen LogP contribution in [0.25, 0.3) is 11.1 Å². The van der Waals surface area contributed by atoms with Crippen LogP contribution < -0.4 is 15.5 Å². The lowest BCUT2D eigenvalue weighted by Crippen LogP contribution is -2.37. The minimum atomic E-state index is -0.563. The highest BCUT2D eigenvalue weighted by molar-refractivity contribution is 7.80. The van der Waals surface area contributed by atoms with Gasteiger partial charge in [0.1, 0.15) is 11.2 Å². The van der Waals surface area contributed by atoms with Gasteiger partial charge in [-0.3, -0.25) is 20.2 Å². The second-order valence-electron chi connectivity index (χ2n) is 8.56. The van der Waals surface area contributed by atoms with Crippen LogP contribution in [0.5, 0.6) is 0 Å². The molecule has 1 aliphatic heterocycles. The molecule has 3 aromatic carbocycles. The zero-order valence-electron chi connectivity index (χ0n) is 20.0. The molecule has 0 bridgehead atoms. The smallest absolute Gasteiger partial charge is 0.293 e. The summed E-state index contributed by atoms with van der Waals surface area (Å²) >= 11 is 11.2. The molecule has 38 heavy (non-hydrogen) atoms. The predicted octanol–water partition coefficient (Wildman–Crippen LogP) is 4.94. The van der Waals surface area contributed by atoms with Crippen molar-refractivity contribution in [3.8, 4) is 0 Å². The van der Waals surface area contributed by atoms with Crippen LogP contribution in [-0.4, -0.2) is 47.2 Å². The Kier molecular flexibility index (Phi) is 7.50. The van der Waals surface area contributed by atoms with Crippen molar-refractivity contribution in [3.05, 3.63) is 92.8 Å². The number of ether oxygens (including phenoxy) is 1. The van der Waals surface area contributed by atoms with Crippen molar-refractivity contribution in [1.82, 2.24) is 10.3 Å². The number of morpholine rings is 1. The third-order valence-corrected chi connectivity index (χ3v) is 6.43. The lowest BCUT2D eigenvalue weighted by molar-refractivity contribution is -0.384. The van der Waals surface area contributed by atoms with E-state index in [-0.39, 0.29) is 16.4 Å². The molecular weight excluding hydrogens is 530 g/mol. The van der Waals surface area contributed by atoms with Gasteiger partial charge >= 0.3 is 0 Å². The van der Waals surface area contributed by atoms with Crippen molar-refractivity contribution < 1.29 is 18.9 Å². The molecule has 1 amide bonds. The summed E-state index contributed by atoms with van der Waals surface area (Å²) in [6.07, 6.45) is 0.513. The number of carbonyl (C=O) groups excluding carboxylic acids is 1. The Bertz CT molecular complexity index is 1520. The number of rotatable bonds is 6.